The third-order valence-electron chi connectivity index (χ3n) is 4.78. The van der Waals surface area contributed by atoms with Gasteiger partial charge in [-0.05, 0) is 54.7 Å². The molecule has 0 spiro atoms. The van der Waals surface area contributed by atoms with E-state index in [1.807, 2.05) is 48.5 Å². The Morgan fingerprint density at radius 3 is 1.85 bits per heavy atom. The van der Waals surface area contributed by atoms with Gasteiger partial charge in [0.05, 0.1) is 0 Å². The number of primary amides is 1. The quantitative estimate of drug-likeness (QED) is 0.637. The number of urea groups is 2. The highest BCUT2D eigenvalue weighted by Crippen LogP contribution is 2.18. The number of benzene rings is 2. The summed E-state index contributed by atoms with van der Waals surface area (Å²) in [5, 5.41) is 8.50. The number of nitrogens with one attached hydrogen (secondary N) is 3. The van der Waals surface area contributed by atoms with Crippen LogP contribution in [0.15, 0.2) is 48.5 Å². The molecule has 2 aromatic carbocycles. The second-order valence-electron chi connectivity index (χ2n) is 6.99. The van der Waals surface area contributed by atoms with Crippen LogP contribution in [-0.2, 0) is 6.42 Å². The third-order valence-corrected chi connectivity index (χ3v) is 4.78. The molecule has 6 nitrogen and oxygen atoms in total. The number of hydrogen-bond donors (Lipinski definition) is 4. The number of rotatable bonds is 5. The van der Waals surface area contributed by atoms with Gasteiger partial charge in [0.25, 0.3) is 0 Å². The molecule has 1 saturated carbocycles. The first-order chi connectivity index (χ1) is 13.1. The van der Waals surface area contributed by atoms with Crippen molar-refractivity contribution >= 4 is 23.4 Å². The van der Waals surface area contributed by atoms with Gasteiger partial charge in [0.2, 0.25) is 0 Å². The topological polar surface area (TPSA) is 96.2 Å². The normalized spacial score (nSPS) is 14.4. The molecule has 1 aliphatic carbocycles. The summed E-state index contributed by atoms with van der Waals surface area (Å²) >= 11 is 0. The van der Waals surface area contributed by atoms with Crippen molar-refractivity contribution in [1.29, 1.82) is 0 Å². The summed E-state index contributed by atoms with van der Waals surface area (Å²) in [6.45, 7) is 0. The summed E-state index contributed by atoms with van der Waals surface area (Å²) < 4.78 is 0. The van der Waals surface area contributed by atoms with Gasteiger partial charge in [0.1, 0.15) is 0 Å². The molecule has 0 aliphatic heterocycles. The van der Waals surface area contributed by atoms with Gasteiger partial charge >= 0.3 is 12.1 Å². The van der Waals surface area contributed by atoms with Crippen molar-refractivity contribution in [3.05, 3.63) is 59.7 Å². The van der Waals surface area contributed by atoms with E-state index in [1.165, 1.54) is 19.3 Å². The standard InChI is InChI=1S/C21H26N4O2/c22-20(26)23-18-10-6-15(7-11-18)14-16-8-12-19(13-9-16)25-21(27)24-17-4-2-1-3-5-17/h6-13,17H,1-5,14H2,(H3,22,23,26)(H2,24,25,27). The fourth-order valence-corrected chi connectivity index (χ4v) is 3.39. The highest BCUT2D eigenvalue weighted by molar-refractivity contribution is 5.89. The van der Waals surface area contributed by atoms with Gasteiger partial charge in [-0.3, -0.25) is 0 Å². The molecule has 0 heterocycles. The van der Waals surface area contributed by atoms with E-state index in [4.69, 9.17) is 5.73 Å². The largest absolute Gasteiger partial charge is 0.351 e. The van der Waals surface area contributed by atoms with Gasteiger partial charge in [0.15, 0.2) is 0 Å². The first-order valence-electron chi connectivity index (χ1n) is 9.40. The molecule has 1 fully saturated rings. The van der Waals surface area contributed by atoms with Crippen LogP contribution in [0.5, 0.6) is 0 Å². The maximum atomic E-state index is 12.1. The molecular weight excluding hydrogens is 340 g/mol. The minimum atomic E-state index is -0.571. The summed E-state index contributed by atoms with van der Waals surface area (Å²) in [6, 6.07) is 15.0. The maximum Gasteiger partial charge on any atom is 0.319 e. The Hall–Kier alpha value is -3.02. The molecule has 0 radical (unpaired) electrons. The molecule has 0 bridgehead atoms. The first-order valence-corrected chi connectivity index (χ1v) is 9.40. The lowest BCUT2D eigenvalue weighted by Crippen LogP contribution is -2.38. The molecule has 5 N–H and O–H groups in total. The van der Waals surface area contributed by atoms with Crippen molar-refractivity contribution in [2.45, 2.75) is 44.6 Å². The Kier molecular flexibility index (Phi) is 6.30. The van der Waals surface area contributed by atoms with Gasteiger partial charge in [-0.15, -0.1) is 0 Å². The highest BCUT2D eigenvalue weighted by Gasteiger charge is 2.15. The minimum absolute atomic E-state index is 0.132. The summed E-state index contributed by atoms with van der Waals surface area (Å²) in [7, 11) is 0. The van der Waals surface area contributed by atoms with Gasteiger partial charge in [-0.25, -0.2) is 9.59 Å². The first kappa shape index (κ1) is 18.8. The molecule has 3 rings (SSSR count). The molecular formula is C21H26N4O2. The smallest absolute Gasteiger partial charge is 0.319 e. The van der Waals surface area contributed by atoms with E-state index >= 15 is 0 Å². The average Bonchev–Trinajstić information content (AvgIpc) is 2.65. The second-order valence-corrected chi connectivity index (χ2v) is 6.99. The second kappa shape index (κ2) is 9.07. The van der Waals surface area contributed by atoms with Crippen molar-refractivity contribution in [2.24, 2.45) is 5.73 Å². The Morgan fingerprint density at radius 2 is 1.33 bits per heavy atom. The van der Waals surface area contributed by atoms with Gasteiger partial charge in [-0.2, -0.15) is 0 Å². The van der Waals surface area contributed by atoms with Crippen LogP contribution in [0.25, 0.3) is 0 Å². The van der Waals surface area contributed by atoms with Crippen LogP contribution >= 0.6 is 0 Å². The molecule has 0 atom stereocenters. The van der Waals surface area contributed by atoms with Crippen molar-refractivity contribution in [2.75, 3.05) is 10.6 Å². The lowest BCUT2D eigenvalue weighted by Gasteiger charge is -2.22. The lowest BCUT2D eigenvalue weighted by molar-refractivity contribution is 0.244. The average molecular weight is 366 g/mol. The van der Waals surface area contributed by atoms with Gasteiger partial charge in [-0.1, -0.05) is 43.5 Å². The van der Waals surface area contributed by atoms with E-state index in [-0.39, 0.29) is 6.03 Å². The number of carbonyl (C=O) groups is 2. The SMILES string of the molecule is NC(=O)Nc1ccc(Cc2ccc(NC(=O)NC3CCCCC3)cc2)cc1. The Morgan fingerprint density at radius 1 is 0.815 bits per heavy atom. The van der Waals surface area contributed by atoms with Crippen LogP contribution in [0.4, 0.5) is 21.0 Å². The van der Waals surface area contributed by atoms with E-state index in [1.54, 1.807) is 0 Å². The minimum Gasteiger partial charge on any atom is -0.351 e. The molecule has 0 aromatic heterocycles. The summed E-state index contributed by atoms with van der Waals surface area (Å²) in [5.41, 5.74) is 8.83. The molecule has 142 valence electrons. The predicted molar refractivity (Wildman–Crippen MR) is 108 cm³/mol. The van der Waals surface area contributed by atoms with Crippen LogP contribution in [0.3, 0.4) is 0 Å². The van der Waals surface area contributed by atoms with Crippen LogP contribution in [0, 0.1) is 0 Å². The van der Waals surface area contributed by atoms with Crippen molar-refractivity contribution in [3.8, 4) is 0 Å². The summed E-state index contributed by atoms with van der Waals surface area (Å²) in [5.74, 6) is 0. The van der Waals surface area contributed by atoms with E-state index in [2.05, 4.69) is 16.0 Å². The molecule has 6 heteroatoms. The van der Waals surface area contributed by atoms with E-state index in [0.29, 0.717) is 11.7 Å². The number of amides is 4. The third kappa shape index (κ3) is 6.02. The monoisotopic (exact) mass is 366 g/mol. The van der Waals surface area contributed by atoms with Gasteiger partial charge < -0.3 is 21.7 Å². The Labute approximate surface area is 159 Å². The molecule has 0 unspecified atom stereocenters. The summed E-state index contributed by atoms with van der Waals surface area (Å²) in [4.78, 5) is 22.9. The lowest BCUT2D eigenvalue weighted by atomic mass is 9.96. The van der Waals surface area contributed by atoms with Crippen LogP contribution < -0.4 is 21.7 Å². The highest BCUT2D eigenvalue weighted by atomic mass is 16.2. The molecule has 2 aromatic rings. The zero-order valence-electron chi connectivity index (χ0n) is 15.3. The zero-order valence-corrected chi connectivity index (χ0v) is 15.3. The number of carbonyl (C=O) groups excluding carboxylic acids is 2. The van der Waals surface area contributed by atoms with Crippen molar-refractivity contribution < 1.29 is 9.59 Å². The van der Waals surface area contributed by atoms with E-state index in [0.717, 1.165) is 36.1 Å². The van der Waals surface area contributed by atoms with Crippen LogP contribution in [0.2, 0.25) is 0 Å². The van der Waals surface area contributed by atoms with Crippen molar-refractivity contribution in [3.63, 3.8) is 0 Å². The van der Waals surface area contributed by atoms with E-state index in [9.17, 15) is 9.59 Å². The molecule has 0 saturated heterocycles. The van der Waals surface area contributed by atoms with Crippen molar-refractivity contribution in [1.82, 2.24) is 5.32 Å². The fraction of sp³-hybridized carbons (Fsp3) is 0.333. The van der Waals surface area contributed by atoms with E-state index < -0.39 is 6.03 Å². The maximum absolute atomic E-state index is 12.1. The number of nitrogens with two attached hydrogens (primary N) is 1. The van der Waals surface area contributed by atoms with Crippen LogP contribution in [-0.4, -0.2) is 18.1 Å². The number of hydrogen-bond acceptors (Lipinski definition) is 2. The van der Waals surface area contributed by atoms with Crippen LogP contribution in [0.1, 0.15) is 43.2 Å². The zero-order chi connectivity index (χ0) is 19.1. The molecule has 1 aliphatic rings. The molecule has 27 heavy (non-hydrogen) atoms. The summed E-state index contributed by atoms with van der Waals surface area (Å²) in [6.07, 6.45) is 6.57. The molecule has 4 amide bonds. The predicted octanol–water partition coefficient (Wildman–Crippen LogP) is 4.22. The van der Waals surface area contributed by atoms with Gasteiger partial charge in [0, 0.05) is 17.4 Å². The Balaban J connectivity index is 1.50. The Bertz CT molecular complexity index is 766. The number of anilines is 2. The fourth-order valence-electron chi connectivity index (χ4n) is 3.39.